The van der Waals surface area contributed by atoms with Gasteiger partial charge in [0.1, 0.15) is 4.90 Å². The summed E-state index contributed by atoms with van der Waals surface area (Å²) in [6, 6.07) is 3.46. The van der Waals surface area contributed by atoms with E-state index in [-0.39, 0.29) is 41.7 Å². The SMILES string of the molecule is O=C(O)CCNC(=O)Nc1ccc(Cl)c(S(=O)(=O)N2CCOCC2)c1. The first-order chi connectivity index (χ1) is 11.8. The first kappa shape index (κ1) is 19.4. The maximum absolute atomic E-state index is 12.7. The van der Waals surface area contributed by atoms with Gasteiger partial charge in [-0.25, -0.2) is 13.2 Å². The van der Waals surface area contributed by atoms with Crippen molar-refractivity contribution in [3.05, 3.63) is 23.2 Å². The van der Waals surface area contributed by atoms with E-state index in [1.807, 2.05) is 0 Å². The number of sulfonamides is 1. The molecule has 1 fully saturated rings. The van der Waals surface area contributed by atoms with Crippen LogP contribution in [0.2, 0.25) is 5.02 Å². The van der Waals surface area contributed by atoms with E-state index in [2.05, 4.69) is 10.6 Å². The largest absolute Gasteiger partial charge is 0.481 e. The minimum absolute atomic E-state index is 0.0447. The first-order valence-corrected chi connectivity index (χ1v) is 9.26. The number of benzene rings is 1. The lowest BCUT2D eigenvalue weighted by molar-refractivity contribution is -0.136. The highest BCUT2D eigenvalue weighted by molar-refractivity contribution is 7.89. The Bertz CT molecular complexity index is 749. The topological polar surface area (TPSA) is 125 Å². The van der Waals surface area contributed by atoms with E-state index >= 15 is 0 Å². The van der Waals surface area contributed by atoms with Gasteiger partial charge < -0.3 is 20.5 Å². The Labute approximate surface area is 149 Å². The Morgan fingerprint density at radius 2 is 1.96 bits per heavy atom. The third-order valence-corrected chi connectivity index (χ3v) is 5.78. The summed E-state index contributed by atoms with van der Waals surface area (Å²) in [7, 11) is -3.81. The predicted octanol–water partition coefficient (Wildman–Crippen LogP) is 0.957. The van der Waals surface area contributed by atoms with Crippen molar-refractivity contribution in [2.24, 2.45) is 0 Å². The minimum Gasteiger partial charge on any atom is -0.481 e. The third kappa shape index (κ3) is 5.30. The lowest BCUT2D eigenvalue weighted by atomic mass is 10.3. The van der Waals surface area contributed by atoms with Crippen molar-refractivity contribution in [3.8, 4) is 0 Å². The van der Waals surface area contributed by atoms with E-state index in [0.717, 1.165) is 0 Å². The first-order valence-electron chi connectivity index (χ1n) is 7.45. The van der Waals surface area contributed by atoms with Gasteiger partial charge in [-0.1, -0.05) is 11.6 Å². The summed E-state index contributed by atoms with van der Waals surface area (Å²) >= 11 is 6.02. The fourth-order valence-electron chi connectivity index (χ4n) is 2.16. The van der Waals surface area contributed by atoms with Crippen LogP contribution >= 0.6 is 11.6 Å². The number of morpholine rings is 1. The number of carboxylic acid groups (broad SMARTS) is 1. The summed E-state index contributed by atoms with van der Waals surface area (Å²) in [6.45, 7) is 1.02. The summed E-state index contributed by atoms with van der Waals surface area (Å²) in [4.78, 5) is 22.0. The van der Waals surface area contributed by atoms with E-state index in [1.165, 1.54) is 22.5 Å². The second kappa shape index (κ2) is 8.48. The van der Waals surface area contributed by atoms with E-state index < -0.39 is 22.0 Å². The van der Waals surface area contributed by atoms with Crippen LogP contribution in [0.5, 0.6) is 0 Å². The molecule has 0 atom stereocenters. The molecule has 0 unspecified atom stereocenters. The number of urea groups is 1. The number of rotatable bonds is 6. The molecule has 0 saturated carbocycles. The molecule has 0 spiro atoms. The number of amides is 2. The number of aliphatic carboxylic acids is 1. The molecule has 1 heterocycles. The molecule has 0 bridgehead atoms. The Hall–Kier alpha value is -1.88. The average molecular weight is 392 g/mol. The van der Waals surface area contributed by atoms with Gasteiger partial charge in [0.15, 0.2) is 0 Å². The second-order valence-electron chi connectivity index (χ2n) is 5.19. The number of carbonyl (C=O) groups excluding carboxylic acids is 1. The number of anilines is 1. The van der Waals surface area contributed by atoms with Crippen LogP contribution in [0.4, 0.5) is 10.5 Å². The fraction of sp³-hybridized carbons (Fsp3) is 0.429. The number of carboxylic acids is 1. The summed E-state index contributed by atoms with van der Waals surface area (Å²) in [6.07, 6.45) is -0.218. The molecule has 0 aromatic heterocycles. The van der Waals surface area contributed by atoms with E-state index in [1.54, 1.807) is 0 Å². The molecule has 1 aromatic carbocycles. The van der Waals surface area contributed by atoms with Gasteiger partial charge in [-0.3, -0.25) is 4.79 Å². The molecule has 0 radical (unpaired) electrons. The standard InChI is InChI=1S/C14H18ClN3O6S/c15-11-2-1-10(17-14(21)16-4-3-13(19)20)9-12(11)25(22,23)18-5-7-24-8-6-18/h1-2,9H,3-8H2,(H,19,20)(H2,16,17,21). The van der Waals surface area contributed by atoms with Gasteiger partial charge in [-0.15, -0.1) is 0 Å². The number of hydrogen-bond acceptors (Lipinski definition) is 5. The summed E-state index contributed by atoms with van der Waals surface area (Å²) in [5.74, 6) is -1.04. The number of carbonyl (C=O) groups is 2. The summed E-state index contributed by atoms with van der Waals surface area (Å²) < 4.78 is 31.8. The van der Waals surface area contributed by atoms with Crippen LogP contribution in [0, 0.1) is 0 Å². The van der Waals surface area contributed by atoms with Crippen LogP contribution in [-0.4, -0.2) is 62.7 Å². The number of nitrogens with one attached hydrogen (secondary N) is 2. The Morgan fingerprint density at radius 1 is 1.28 bits per heavy atom. The molecule has 1 saturated heterocycles. The van der Waals surface area contributed by atoms with Gasteiger partial charge in [0.05, 0.1) is 24.7 Å². The van der Waals surface area contributed by atoms with E-state index in [4.69, 9.17) is 21.4 Å². The minimum atomic E-state index is -3.81. The highest BCUT2D eigenvalue weighted by Gasteiger charge is 2.28. The van der Waals surface area contributed by atoms with Crippen molar-refractivity contribution < 1.29 is 27.9 Å². The van der Waals surface area contributed by atoms with Gasteiger partial charge >= 0.3 is 12.0 Å². The number of nitrogens with zero attached hydrogens (tertiary/aromatic N) is 1. The van der Waals surface area contributed by atoms with Crippen molar-refractivity contribution in [1.82, 2.24) is 9.62 Å². The van der Waals surface area contributed by atoms with E-state index in [0.29, 0.717) is 13.2 Å². The summed E-state index contributed by atoms with van der Waals surface area (Å²) in [5.41, 5.74) is 0.226. The van der Waals surface area contributed by atoms with Crippen LogP contribution in [0.3, 0.4) is 0 Å². The normalized spacial score (nSPS) is 15.6. The molecule has 1 aliphatic heterocycles. The highest BCUT2D eigenvalue weighted by atomic mass is 35.5. The van der Waals surface area contributed by atoms with Gasteiger partial charge in [-0.05, 0) is 18.2 Å². The zero-order chi connectivity index (χ0) is 18.4. The maximum Gasteiger partial charge on any atom is 0.319 e. The smallest absolute Gasteiger partial charge is 0.319 e. The zero-order valence-electron chi connectivity index (χ0n) is 13.2. The number of ether oxygens (including phenoxy) is 1. The molecule has 1 aromatic rings. The summed E-state index contributed by atoms with van der Waals surface area (Å²) in [5, 5.41) is 13.4. The van der Waals surface area contributed by atoms with Crippen LogP contribution in [0.15, 0.2) is 23.1 Å². The van der Waals surface area contributed by atoms with Crippen molar-refractivity contribution in [2.75, 3.05) is 38.2 Å². The predicted molar refractivity (Wildman–Crippen MR) is 90.3 cm³/mol. The van der Waals surface area contributed by atoms with Gasteiger partial charge in [0.25, 0.3) is 0 Å². The van der Waals surface area contributed by atoms with Crippen molar-refractivity contribution in [2.45, 2.75) is 11.3 Å². The van der Waals surface area contributed by atoms with Gasteiger partial charge in [-0.2, -0.15) is 4.31 Å². The van der Waals surface area contributed by atoms with Crippen molar-refractivity contribution in [1.29, 1.82) is 0 Å². The molecular weight excluding hydrogens is 374 g/mol. The monoisotopic (exact) mass is 391 g/mol. The molecule has 2 amide bonds. The molecule has 9 nitrogen and oxygen atoms in total. The molecule has 138 valence electrons. The van der Waals surface area contributed by atoms with Gasteiger partial charge in [0, 0.05) is 25.3 Å². The molecule has 11 heteroatoms. The van der Waals surface area contributed by atoms with Crippen LogP contribution in [-0.2, 0) is 19.6 Å². The Morgan fingerprint density at radius 3 is 2.60 bits per heavy atom. The number of halogens is 1. The molecule has 25 heavy (non-hydrogen) atoms. The molecule has 0 aliphatic carbocycles. The average Bonchev–Trinajstić information content (AvgIpc) is 2.57. The molecular formula is C14H18ClN3O6S. The lowest BCUT2D eigenvalue weighted by Gasteiger charge is -2.26. The number of hydrogen-bond donors (Lipinski definition) is 3. The molecule has 2 rings (SSSR count). The van der Waals surface area contributed by atoms with Crippen LogP contribution < -0.4 is 10.6 Å². The second-order valence-corrected chi connectivity index (χ2v) is 7.50. The van der Waals surface area contributed by atoms with Gasteiger partial charge in [0.2, 0.25) is 10.0 Å². The Kier molecular flexibility index (Phi) is 6.59. The third-order valence-electron chi connectivity index (χ3n) is 3.40. The molecule has 3 N–H and O–H groups in total. The van der Waals surface area contributed by atoms with Crippen LogP contribution in [0.25, 0.3) is 0 Å². The Balaban J connectivity index is 2.11. The van der Waals surface area contributed by atoms with E-state index in [9.17, 15) is 18.0 Å². The highest BCUT2D eigenvalue weighted by Crippen LogP contribution is 2.28. The van der Waals surface area contributed by atoms with Crippen molar-refractivity contribution in [3.63, 3.8) is 0 Å². The van der Waals surface area contributed by atoms with Crippen molar-refractivity contribution >= 4 is 39.3 Å². The quantitative estimate of drug-likeness (QED) is 0.663. The zero-order valence-corrected chi connectivity index (χ0v) is 14.8. The lowest BCUT2D eigenvalue weighted by Crippen LogP contribution is -2.40. The molecule has 1 aliphatic rings. The van der Waals surface area contributed by atoms with Crippen LogP contribution in [0.1, 0.15) is 6.42 Å². The maximum atomic E-state index is 12.7. The fourth-order valence-corrected chi connectivity index (χ4v) is 4.07.